The Labute approximate surface area is 369 Å². The van der Waals surface area contributed by atoms with Crippen LogP contribution >= 0.6 is 0 Å². The van der Waals surface area contributed by atoms with E-state index in [1.807, 2.05) is 0 Å². The number of quaternary nitrogens is 2. The van der Waals surface area contributed by atoms with Crippen molar-refractivity contribution in [2.24, 2.45) is 0 Å². The van der Waals surface area contributed by atoms with Crippen LogP contribution in [0.4, 0.5) is 0 Å². The first-order chi connectivity index (χ1) is 28.3. The van der Waals surface area contributed by atoms with Crippen LogP contribution in [0.25, 0.3) is 68.6 Å². The molecule has 2 N–H and O–H groups in total. The first-order valence-corrected chi connectivity index (χ1v) is 21.6. The first-order valence-electron chi connectivity index (χ1n) is 21.6. The first kappa shape index (κ1) is 46.2. The Morgan fingerprint density at radius 2 is 0.833 bits per heavy atom. The molecular weight excluding hydrogens is 787 g/mol. The monoisotopic (exact) mass is 848 g/mol. The van der Waals surface area contributed by atoms with Gasteiger partial charge in [-0.25, -0.2) is 9.97 Å². The van der Waals surface area contributed by atoms with Gasteiger partial charge in [-0.3, -0.25) is 0 Å². The number of aromatic amines is 2. The Bertz CT molecular complexity index is 2210. The molecule has 8 nitrogen and oxygen atoms in total. The molecule has 5 heterocycles. The molecular formula is C50H62Cl2N6O2. The SMILES string of the molecule is CC[N+](CC)(CC)CCCOc1ccc(-c2c3nc(cc4ccc([nH]4)c(-c4ccc(OCCC[N+](CC)(CC)CC)cc4)c4nc(cc5ccc2[nH]5)C=C4)C=C3)cc1.[Cl-].[Cl-]. The fraction of sp³-hybridized carbons (Fsp3) is 0.360. The van der Waals surface area contributed by atoms with E-state index in [-0.39, 0.29) is 24.8 Å². The zero-order valence-electron chi connectivity index (χ0n) is 36.2. The largest absolute Gasteiger partial charge is 1.00 e. The highest BCUT2D eigenvalue weighted by molar-refractivity contribution is 5.93. The summed E-state index contributed by atoms with van der Waals surface area (Å²) in [5.74, 6) is 1.77. The Hall–Kier alpha value is -4.86. The minimum Gasteiger partial charge on any atom is -1.00 e. The van der Waals surface area contributed by atoms with E-state index in [0.717, 1.165) is 153 Å². The third-order valence-electron chi connectivity index (χ3n) is 12.8. The molecule has 3 aromatic heterocycles. The molecule has 5 aromatic rings. The molecule has 2 aliphatic heterocycles. The van der Waals surface area contributed by atoms with Gasteiger partial charge in [0.1, 0.15) is 11.5 Å². The molecule has 7 rings (SSSR count). The molecule has 318 valence electrons. The summed E-state index contributed by atoms with van der Waals surface area (Å²) in [5, 5.41) is 0. The molecule has 0 radical (unpaired) electrons. The lowest BCUT2D eigenvalue weighted by Gasteiger charge is -2.35. The van der Waals surface area contributed by atoms with Gasteiger partial charge in [-0.05, 0) is 138 Å². The molecule has 0 unspecified atom stereocenters. The van der Waals surface area contributed by atoms with Gasteiger partial charge in [-0.1, -0.05) is 24.3 Å². The van der Waals surface area contributed by atoms with Crippen molar-refractivity contribution in [1.82, 2.24) is 19.9 Å². The Morgan fingerprint density at radius 1 is 0.467 bits per heavy atom. The van der Waals surface area contributed by atoms with Crippen LogP contribution in [0, 0.1) is 0 Å². The lowest BCUT2D eigenvalue weighted by atomic mass is 10.0. The smallest absolute Gasteiger partial charge is 0.119 e. The molecule has 0 amide bonds. The third kappa shape index (κ3) is 10.5. The number of hydrogen-bond acceptors (Lipinski definition) is 4. The highest BCUT2D eigenvalue weighted by atomic mass is 35.5. The van der Waals surface area contributed by atoms with E-state index in [1.165, 1.54) is 0 Å². The molecule has 0 spiro atoms. The van der Waals surface area contributed by atoms with E-state index in [4.69, 9.17) is 19.4 Å². The molecule has 2 aliphatic rings. The topological polar surface area (TPSA) is 75.8 Å². The molecule has 0 atom stereocenters. The van der Waals surface area contributed by atoms with Crippen molar-refractivity contribution in [2.45, 2.75) is 54.4 Å². The summed E-state index contributed by atoms with van der Waals surface area (Å²) in [6, 6.07) is 29.6. The minimum absolute atomic E-state index is 0. The van der Waals surface area contributed by atoms with E-state index in [9.17, 15) is 0 Å². The molecule has 0 fully saturated rings. The number of aromatic nitrogens is 4. The second kappa shape index (κ2) is 21.1. The normalized spacial score (nSPS) is 12.2. The fourth-order valence-electron chi connectivity index (χ4n) is 8.59. The van der Waals surface area contributed by atoms with Crippen LogP contribution in [0.2, 0.25) is 0 Å². The van der Waals surface area contributed by atoms with E-state index in [0.29, 0.717) is 13.2 Å². The van der Waals surface area contributed by atoms with Gasteiger partial charge in [0.05, 0.1) is 88.3 Å². The Balaban J connectivity index is 0.00000341. The summed E-state index contributed by atoms with van der Waals surface area (Å²) in [6.07, 6.45) is 10.5. The van der Waals surface area contributed by atoms with Crippen molar-refractivity contribution in [3.8, 4) is 33.8 Å². The number of benzene rings is 2. The summed E-state index contributed by atoms with van der Waals surface area (Å²) in [4.78, 5) is 17.6. The summed E-state index contributed by atoms with van der Waals surface area (Å²) in [5.41, 5.74) is 11.7. The van der Waals surface area contributed by atoms with Gasteiger partial charge in [-0.2, -0.15) is 0 Å². The summed E-state index contributed by atoms with van der Waals surface area (Å²) in [6.45, 7) is 24.4. The van der Waals surface area contributed by atoms with Gasteiger partial charge >= 0.3 is 0 Å². The Kier molecular flexibility index (Phi) is 16.2. The second-order valence-electron chi connectivity index (χ2n) is 15.7. The lowest BCUT2D eigenvalue weighted by molar-refractivity contribution is -0.923. The van der Waals surface area contributed by atoms with Crippen LogP contribution in [-0.4, -0.2) is 94.5 Å². The fourth-order valence-corrected chi connectivity index (χ4v) is 8.59. The highest BCUT2D eigenvalue weighted by Gasteiger charge is 2.21. The molecule has 2 aromatic carbocycles. The number of nitrogens with one attached hydrogen (secondary N) is 2. The number of fused-ring (bicyclic) bond motifs is 8. The maximum absolute atomic E-state index is 6.23. The van der Waals surface area contributed by atoms with Crippen molar-refractivity contribution < 1.29 is 43.3 Å². The zero-order valence-corrected chi connectivity index (χ0v) is 37.8. The van der Waals surface area contributed by atoms with E-state index >= 15 is 0 Å². The van der Waals surface area contributed by atoms with Crippen LogP contribution in [0.15, 0.2) is 84.9 Å². The van der Waals surface area contributed by atoms with Crippen LogP contribution in [0.1, 0.15) is 77.2 Å². The highest BCUT2D eigenvalue weighted by Crippen LogP contribution is 2.34. The van der Waals surface area contributed by atoms with Gasteiger partial charge in [0.2, 0.25) is 0 Å². The third-order valence-corrected chi connectivity index (χ3v) is 12.8. The molecule has 8 bridgehead atoms. The van der Waals surface area contributed by atoms with Crippen molar-refractivity contribution in [3.63, 3.8) is 0 Å². The summed E-state index contributed by atoms with van der Waals surface area (Å²) in [7, 11) is 0. The number of halogens is 2. The quantitative estimate of drug-likeness (QED) is 0.0911. The Morgan fingerprint density at radius 3 is 1.18 bits per heavy atom. The van der Waals surface area contributed by atoms with Crippen molar-refractivity contribution in [1.29, 1.82) is 0 Å². The average Bonchev–Trinajstić information content (AvgIpc) is 4.10. The van der Waals surface area contributed by atoms with Crippen LogP contribution in [0.5, 0.6) is 11.5 Å². The van der Waals surface area contributed by atoms with Crippen LogP contribution in [0.3, 0.4) is 0 Å². The van der Waals surface area contributed by atoms with E-state index < -0.39 is 0 Å². The van der Waals surface area contributed by atoms with Crippen molar-refractivity contribution in [3.05, 3.63) is 108 Å². The molecule has 0 saturated heterocycles. The predicted molar refractivity (Wildman–Crippen MR) is 243 cm³/mol. The summed E-state index contributed by atoms with van der Waals surface area (Å²) >= 11 is 0. The van der Waals surface area contributed by atoms with Crippen LogP contribution in [-0.2, 0) is 0 Å². The maximum Gasteiger partial charge on any atom is 0.119 e. The van der Waals surface area contributed by atoms with Crippen molar-refractivity contribution >= 4 is 46.4 Å². The van der Waals surface area contributed by atoms with E-state index in [2.05, 4.69) is 161 Å². The number of hydrogen-bond donors (Lipinski definition) is 2. The molecule has 60 heavy (non-hydrogen) atoms. The molecule has 10 heteroatoms. The van der Waals surface area contributed by atoms with Gasteiger partial charge < -0.3 is 53.2 Å². The van der Waals surface area contributed by atoms with E-state index in [1.54, 1.807) is 0 Å². The van der Waals surface area contributed by atoms with Gasteiger partial charge in [-0.15, -0.1) is 0 Å². The number of rotatable bonds is 18. The number of nitrogens with zero attached hydrogens (tertiary/aromatic N) is 4. The second-order valence-corrected chi connectivity index (χ2v) is 15.7. The molecule has 0 aliphatic carbocycles. The van der Waals surface area contributed by atoms with Gasteiger partial charge in [0.25, 0.3) is 0 Å². The number of H-pyrrole nitrogens is 2. The zero-order chi connectivity index (χ0) is 40.5. The number of ether oxygens (including phenoxy) is 2. The summed E-state index contributed by atoms with van der Waals surface area (Å²) < 4.78 is 14.7. The standard InChI is InChI=1S/C50H62N6O2.2ClH/c1-7-55(8-2,9-3)31-13-33-57-43-23-15-37(16-24-43)49-45-27-19-39(51-45)35-41-21-29-47(53-41)50(48-30-22-42(54-48)36-40-20-28-46(49)52-40)38-17-25-44(26-18-38)58-34-14-32-56(10-4,11-5)12-6;;/h15-30,35-36,51,54H,7-14,31-34H2,1-6H3;2*1H/q+2;;/p-2. The molecule has 0 saturated carbocycles. The predicted octanol–water partition coefficient (Wildman–Crippen LogP) is 5.29. The van der Waals surface area contributed by atoms with Crippen LogP contribution < -0.4 is 34.3 Å². The average molecular weight is 850 g/mol. The minimum atomic E-state index is 0. The van der Waals surface area contributed by atoms with Gasteiger partial charge in [0, 0.05) is 46.0 Å². The van der Waals surface area contributed by atoms with Crippen molar-refractivity contribution in [2.75, 3.05) is 65.6 Å². The lowest BCUT2D eigenvalue weighted by Crippen LogP contribution is -3.00. The maximum atomic E-state index is 6.23. The van der Waals surface area contributed by atoms with Gasteiger partial charge in [0.15, 0.2) is 0 Å².